The predicted molar refractivity (Wildman–Crippen MR) is 107 cm³/mol. The van der Waals surface area contributed by atoms with Crippen LogP contribution in [0.5, 0.6) is 0 Å². The summed E-state index contributed by atoms with van der Waals surface area (Å²) in [7, 11) is 0. The van der Waals surface area contributed by atoms with Gasteiger partial charge < -0.3 is 0 Å². The number of aryl methyl sites for hydroxylation is 1. The number of nitrogens with zero attached hydrogens (tertiary/aromatic N) is 5. The largest absolute Gasteiger partial charge is 0.284 e. The van der Waals surface area contributed by atoms with Crippen molar-refractivity contribution in [2.75, 3.05) is 11.4 Å². The maximum atomic E-state index is 12.9. The zero-order chi connectivity index (χ0) is 19.0. The van der Waals surface area contributed by atoms with Gasteiger partial charge in [-0.25, -0.2) is 4.98 Å². The van der Waals surface area contributed by atoms with Gasteiger partial charge in [0.05, 0.1) is 11.9 Å². The van der Waals surface area contributed by atoms with Gasteiger partial charge in [-0.2, -0.15) is 5.10 Å². The number of rotatable bonds is 5. The van der Waals surface area contributed by atoms with Gasteiger partial charge in [0.2, 0.25) is 0 Å². The van der Waals surface area contributed by atoms with Gasteiger partial charge >= 0.3 is 0 Å². The van der Waals surface area contributed by atoms with E-state index in [4.69, 9.17) is 4.98 Å². The second-order valence-electron chi connectivity index (χ2n) is 7.13. The van der Waals surface area contributed by atoms with Gasteiger partial charge in [0.25, 0.3) is 5.91 Å². The number of carbonyl (C=O) groups is 1. The lowest BCUT2D eigenvalue weighted by Gasteiger charge is -2.17. The number of pyridine rings is 1. The fraction of sp³-hybridized carbons (Fsp3) is 0.400. The first-order valence-corrected chi connectivity index (χ1v) is 10.2. The average molecular weight is 382 g/mol. The third kappa shape index (κ3) is 3.27. The Kier molecular flexibility index (Phi) is 4.78. The third-order valence-electron chi connectivity index (χ3n) is 4.74. The van der Waals surface area contributed by atoms with E-state index in [-0.39, 0.29) is 5.91 Å². The van der Waals surface area contributed by atoms with Crippen LogP contribution in [0.2, 0.25) is 0 Å². The van der Waals surface area contributed by atoms with Gasteiger partial charge in [0.15, 0.2) is 5.13 Å². The molecule has 1 aliphatic rings. The van der Waals surface area contributed by atoms with Gasteiger partial charge in [-0.1, -0.05) is 13.8 Å². The van der Waals surface area contributed by atoms with Crippen molar-refractivity contribution >= 4 is 22.4 Å². The molecule has 0 aliphatic heterocycles. The Labute approximate surface area is 162 Å². The van der Waals surface area contributed by atoms with Crippen LogP contribution in [0.15, 0.2) is 30.7 Å². The summed E-state index contributed by atoms with van der Waals surface area (Å²) in [5.74, 6) is 0.511. The minimum absolute atomic E-state index is 0.0401. The fourth-order valence-corrected chi connectivity index (χ4v) is 4.59. The molecule has 0 bridgehead atoms. The van der Waals surface area contributed by atoms with Gasteiger partial charge in [0, 0.05) is 47.2 Å². The van der Waals surface area contributed by atoms with Gasteiger partial charge in [-0.05, 0) is 37.8 Å². The Morgan fingerprint density at radius 2 is 2.07 bits per heavy atom. The third-order valence-corrected chi connectivity index (χ3v) is 5.87. The molecule has 0 radical (unpaired) electrons. The monoisotopic (exact) mass is 381 g/mol. The Morgan fingerprint density at radius 1 is 1.30 bits per heavy atom. The van der Waals surface area contributed by atoms with Crippen LogP contribution in [0.25, 0.3) is 11.3 Å². The predicted octanol–water partition coefficient (Wildman–Crippen LogP) is 3.82. The second-order valence-corrected chi connectivity index (χ2v) is 8.20. The van der Waals surface area contributed by atoms with Crippen LogP contribution in [0, 0.1) is 5.92 Å². The number of hydrogen-bond acceptors (Lipinski definition) is 5. The molecule has 4 rings (SSSR count). The lowest BCUT2D eigenvalue weighted by Crippen LogP contribution is -2.30. The van der Waals surface area contributed by atoms with Crippen molar-refractivity contribution in [2.45, 2.75) is 40.2 Å². The zero-order valence-electron chi connectivity index (χ0n) is 15.8. The summed E-state index contributed by atoms with van der Waals surface area (Å²) in [5.41, 5.74) is 4.00. The van der Waals surface area contributed by atoms with E-state index < -0.39 is 0 Å². The lowest BCUT2D eigenvalue weighted by molar-refractivity contribution is 0.0988. The Hall–Kier alpha value is -2.54. The van der Waals surface area contributed by atoms with E-state index in [1.54, 1.807) is 40.8 Å². The zero-order valence-corrected chi connectivity index (χ0v) is 16.7. The van der Waals surface area contributed by atoms with E-state index in [0.717, 1.165) is 35.8 Å². The van der Waals surface area contributed by atoms with Crippen molar-refractivity contribution in [2.24, 2.45) is 5.92 Å². The number of anilines is 1. The molecule has 0 saturated carbocycles. The molecule has 7 heteroatoms. The van der Waals surface area contributed by atoms with Gasteiger partial charge in [0.1, 0.15) is 0 Å². The number of fused-ring (bicyclic) bond motifs is 3. The van der Waals surface area contributed by atoms with E-state index >= 15 is 0 Å². The van der Waals surface area contributed by atoms with Crippen LogP contribution >= 0.6 is 11.3 Å². The first-order chi connectivity index (χ1) is 13.1. The quantitative estimate of drug-likeness (QED) is 0.674. The molecule has 0 atom stereocenters. The highest BCUT2D eigenvalue weighted by molar-refractivity contribution is 7.16. The average Bonchev–Trinajstić information content (AvgIpc) is 3.26. The highest BCUT2D eigenvalue weighted by atomic mass is 32.1. The van der Waals surface area contributed by atoms with Crippen LogP contribution in [0.1, 0.15) is 41.7 Å². The van der Waals surface area contributed by atoms with Crippen molar-refractivity contribution in [3.63, 3.8) is 0 Å². The number of hydrogen-bond donors (Lipinski definition) is 0. The second kappa shape index (κ2) is 7.23. The van der Waals surface area contributed by atoms with Crippen molar-refractivity contribution in [1.82, 2.24) is 19.7 Å². The minimum atomic E-state index is -0.0401. The summed E-state index contributed by atoms with van der Waals surface area (Å²) in [6.07, 6.45) is 7.14. The van der Waals surface area contributed by atoms with E-state index in [9.17, 15) is 4.79 Å². The molecule has 0 fully saturated rings. The van der Waals surface area contributed by atoms with E-state index in [0.29, 0.717) is 18.0 Å². The lowest BCUT2D eigenvalue weighted by atomic mass is 10.0. The van der Waals surface area contributed by atoms with Crippen LogP contribution in [-0.4, -0.2) is 32.2 Å². The van der Waals surface area contributed by atoms with E-state index in [2.05, 4.69) is 28.6 Å². The molecule has 27 heavy (non-hydrogen) atoms. The van der Waals surface area contributed by atoms with E-state index in [1.807, 2.05) is 13.1 Å². The Morgan fingerprint density at radius 3 is 2.78 bits per heavy atom. The molecule has 3 aromatic heterocycles. The molecule has 1 aliphatic carbocycles. The number of thiazole rings is 1. The van der Waals surface area contributed by atoms with Crippen LogP contribution < -0.4 is 4.90 Å². The highest BCUT2D eigenvalue weighted by Crippen LogP contribution is 2.39. The standard InChI is InChI=1S/C20H23N5OS/c1-4-24(19(26)14-7-9-21-10-8-14)20-23-18-15-11-22-25(12-13(2)3)16(15)5-6-17(18)27-20/h7-11,13H,4-6,12H2,1-3H3. The normalized spacial score (nSPS) is 12.7. The van der Waals surface area contributed by atoms with Crippen molar-refractivity contribution in [1.29, 1.82) is 0 Å². The van der Waals surface area contributed by atoms with Crippen LogP contribution in [0.3, 0.4) is 0 Å². The molecule has 1 amide bonds. The molecule has 140 valence electrons. The van der Waals surface area contributed by atoms with Gasteiger partial charge in [-0.15, -0.1) is 11.3 Å². The molecular weight excluding hydrogens is 358 g/mol. The summed E-state index contributed by atoms with van der Waals surface area (Å²) in [6.45, 7) is 7.88. The molecular formula is C20H23N5OS. The molecule has 6 nitrogen and oxygen atoms in total. The maximum absolute atomic E-state index is 12.9. The molecule has 0 N–H and O–H groups in total. The molecule has 0 saturated heterocycles. The minimum Gasteiger partial charge on any atom is -0.284 e. The SMILES string of the molecule is CCN(C(=O)c1ccncc1)c1nc2c(s1)CCc1c-2cnn1CC(C)C. The Balaban J connectivity index is 1.68. The summed E-state index contributed by atoms with van der Waals surface area (Å²) in [6, 6.07) is 3.49. The van der Waals surface area contributed by atoms with Gasteiger partial charge in [-0.3, -0.25) is 19.4 Å². The fourth-order valence-electron chi connectivity index (χ4n) is 3.46. The van der Waals surface area contributed by atoms with Crippen LogP contribution in [0.4, 0.5) is 5.13 Å². The first kappa shape index (κ1) is 17.9. The van der Waals surface area contributed by atoms with Crippen LogP contribution in [-0.2, 0) is 19.4 Å². The maximum Gasteiger partial charge on any atom is 0.260 e. The molecule has 3 aromatic rings. The topological polar surface area (TPSA) is 63.9 Å². The number of amides is 1. The molecule has 3 heterocycles. The summed E-state index contributed by atoms with van der Waals surface area (Å²) in [5, 5.41) is 5.35. The Bertz CT molecular complexity index is 960. The van der Waals surface area contributed by atoms with E-state index in [1.165, 1.54) is 10.6 Å². The highest BCUT2D eigenvalue weighted by Gasteiger charge is 2.28. The summed E-state index contributed by atoms with van der Waals surface area (Å²) in [4.78, 5) is 24.7. The first-order valence-electron chi connectivity index (χ1n) is 9.35. The summed E-state index contributed by atoms with van der Waals surface area (Å²) < 4.78 is 2.11. The number of aromatic nitrogens is 4. The summed E-state index contributed by atoms with van der Waals surface area (Å²) >= 11 is 1.62. The number of carbonyl (C=O) groups excluding carboxylic acids is 1. The molecule has 0 unspecified atom stereocenters. The molecule has 0 aromatic carbocycles. The van der Waals surface area contributed by atoms with Crippen molar-refractivity contribution in [3.05, 3.63) is 46.9 Å². The van der Waals surface area contributed by atoms with Crippen molar-refractivity contribution < 1.29 is 4.79 Å². The molecule has 0 spiro atoms. The van der Waals surface area contributed by atoms with Crippen molar-refractivity contribution in [3.8, 4) is 11.3 Å². The smallest absolute Gasteiger partial charge is 0.260 e.